The Morgan fingerprint density at radius 1 is 1.04 bits per heavy atom. The van der Waals surface area contributed by atoms with Crippen LogP contribution in [0.15, 0.2) is 48.5 Å². The van der Waals surface area contributed by atoms with Gasteiger partial charge in [0.2, 0.25) is 5.54 Å². The first-order valence-electron chi connectivity index (χ1n) is 7.39. The molecule has 0 N–H and O–H groups in total. The summed E-state index contributed by atoms with van der Waals surface area (Å²) in [4.78, 5) is 13.7. The molecule has 0 spiro atoms. The number of fused-ring (bicyclic) bond motifs is 1. The van der Waals surface area contributed by atoms with Gasteiger partial charge in [-0.1, -0.05) is 30.3 Å². The number of carbonyl (C=O) groups is 1. The molecule has 2 aromatic rings. The van der Waals surface area contributed by atoms with E-state index in [2.05, 4.69) is 4.74 Å². The molecule has 1 aliphatic rings. The molecule has 0 atom stereocenters. The highest BCUT2D eigenvalue weighted by atomic mass is 19.4. The smallest absolute Gasteiger partial charge is 0.406 e. The number of hydrogen-bond donors (Lipinski definition) is 0. The molecule has 1 aliphatic heterocycles. The van der Waals surface area contributed by atoms with E-state index in [1.807, 2.05) is 12.1 Å². The normalized spacial score (nSPS) is 15.1. The molecule has 0 fully saturated rings. The first-order chi connectivity index (χ1) is 12.3. The highest BCUT2D eigenvalue weighted by molar-refractivity contribution is 6.01. The monoisotopic (exact) mass is 357 g/mol. The van der Waals surface area contributed by atoms with Gasteiger partial charge in [-0.3, -0.25) is 9.69 Å². The fraction of sp³-hybridized carbons (Fsp3) is 0.167. The van der Waals surface area contributed by atoms with Gasteiger partial charge in [0.05, 0.1) is 0 Å². The van der Waals surface area contributed by atoms with Crippen molar-refractivity contribution >= 4 is 5.91 Å². The van der Waals surface area contributed by atoms with Crippen molar-refractivity contribution in [3.8, 4) is 17.9 Å². The predicted octanol–water partition coefficient (Wildman–Crippen LogP) is 3.48. The molecule has 26 heavy (non-hydrogen) atoms. The van der Waals surface area contributed by atoms with Crippen LogP contribution in [0.4, 0.5) is 13.2 Å². The van der Waals surface area contributed by atoms with Gasteiger partial charge >= 0.3 is 6.36 Å². The second kappa shape index (κ2) is 6.08. The van der Waals surface area contributed by atoms with Crippen LogP contribution in [0.1, 0.15) is 21.5 Å². The maximum absolute atomic E-state index is 12.6. The van der Waals surface area contributed by atoms with Crippen LogP contribution < -0.4 is 4.74 Å². The molecular formula is C18H10F3N3O2. The fourth-order valence-electron chi connectivity index (χ4n) is 2.86. The first-order valence-corrected chi connectivity index (χ1v) is 7.39. The van der Waals surface area contributed by atoms with E-state index in [1.165, 1.54) is 18.2 Å². The van der Waals surface area contributed by atoms with Crippen molar-refractivity contribution in [1.82, 2.24) is 4.90 Å². The van der Waals surface area contributed by atoms with Crippen molar-refractivity contribution < 1.29 is 22.7 Å². The van der Waals surface area contributed by atoms with Gasteiger partial charge in [-0.15, -0.1) is 13.2 Å². The summed E-state index contributed by atoms with van der Waals surface area (Å²) in [7, 11) is 0. The van der Waals surface area contributed by atoms with Crippen LogP contribution in [0.3, 0.4) is 0 Å². The molecule has 0 bridgehead atoms. The average Bonchev–Trinajstić information content (AvgIpc) is 2.85. The number of carbonyl (C=O) groups excluding carboxylic acids is 1. The summed E-state index contributed by atoms with van der Waals surface area (Å²) >= 11 is 0. The third-order valence-corrected chi connectivity index (χ3v) is 4.02. The van der Waals surface area contributed by atoms with Gasteiger partial charge in [-0.05, 0) is 23.8 Å². The Kier molecular flexibility index (Phi) is 4.05. The summed E-state index contributed by atoms with van der Waals surface area (Å²) in [5, 5.41) is 19.2. The average molecular weight is 357 g/mol. The van der Waals surface area contributed by atoms with Gasteiger partial charge in [-0.25, -0.2) is 0 Å². The molecular weight excluding hydrogens is 347 g/mol. The molecule has 5 nitrogen and oxygen atoms in total. The summed E-state index contributed by atoms with van der Waals surface area (Å²) < 4.78 is 40.5. The number of amides is 1. The van der Waals surface area contributed by atoms with Crippen molar-refractivity contribution in [3.05, 3.63) is 65.2 Å². The first kappa shape index (κ1) is 17.3. The van der Waals surface area contributed by atoms with E-state index in [1.54, 1.807) is 18.2 Å². The second-order valence-corrected chi connectivity index (χ2v) is 5.56. The van der Waals surface area contributed by atoms with Crippen LogP contribution in [0, 0.1) is 22.7 Å². The quantitative estimate of drug-likeness (QED) is 0.843. The SMILES string of the molecule is N#CC1(C#N)c2ccccc2C(=O)N1Cc1ccc(OC(F)(F)F)cc1. The van der Waals surface area contributed by atoms with Gasteiger partial charge in [0, 0.05) is 17.7 Å². The number of alkyl halides is 3. The second-order valence-electron chi connectivity index (χ2n) is 5.56. The van der Waals surface area contributed by atoms with E-state index < -0.39 is 23.6 Å². The molecule has 0 aliphatic carbocycles. The molecule has 8 heteroatoms. The highest BCUT2D eigenvalue weighted by Crippen LogP contribution is 2.39. The Bertz CT molecular complexity index is 926. The van der Waals surface area contributed by atoms with Crippen molar-refractivity contribution in [3.63, 3.8) is 0 Å². The lowest BCUT2D eigenvalue weighted by molar-refractivity contribution is -0.274. The molecule has 0 aromatic heterocycles. The maximum Gasteiger partial charge on any atom is 0.573 e. The highest BCUT2D eigenvalue weighted by Gasteiger charge is 2.50. The van der Waals surface area contributed by atoms with Crippen LogP contribution in [0.2, 0.25) is 0 Å². The maximum atomic E-state index is 12.6. The van der Waals surface area contributed by atoms with E-state index in [4.69, 9.17) is 0 Å². The van der Waals surface area contributed by atoms with Crippen LogP contribution in [-0.2, 0) is 12.1 Å². The Morgan fingerprint density at radius 2 is 1.65 bits per heavy atom. The van der Waals surface area contributed by atoms with Crippen molar-refractivity contribution in [2.24, 2.45) is 0 Å². The number of halogens is 3. The molecule has 0 radical (unpaired) electrons. The Balaban J connectivity index is 1.92. The fourth-order valence-corrected chi connectivity index (χ4v) is 2.86. The number of nitrogens with zero attached hydrogens (tertiary/aromatic N) is 3. The summed E-state index contributed by atoms with van der Waals surface area (Å²) in [6.07, 6.45) is -4.80. The minimum absolute atomic E-state index is 0.110. The zero-order chi connectivity index (χ0) is 18.9. The Morgan fingerprint density at radius 3 is 2.23 bits per heavy atom. The summed E-state index contributed by atoms with van der Waals surface area (Å²) in [6, 6.07) is 15.0. The van der Waals surface area contributed by atoms with Crippen LogP contribution in [0.5, 0.6) is 5.75 Å². The predicted molar refractivity (Wildman–Crippen MR) is 82.3 cm³/mol. The van der Waals surface area contributed by atoms with Crippen LogP contribution in [-0.4, -0.2) is 17.2 Å². The van der Waals surface area contributed by atoms with E-state index in [0.717, 1.165) is 17.0 Å². The molecule has 2 aromatic carbocycles. The summed E-state index contributed by atoms with van der Waals surface area (Å²) in [5.74, 6) is -0.886. The summed E-state index contributed by atoms with van der Waals surface area (Å²) in [5.41, 5.74) is -0.773. The van der Waals surface area contributed by atoms with Crippen molar-refractivity contribution in [2.45, 2.75) is 18.4 Å². The van der Waals surface area contributed by atoms with E-state index in [9.17, 15) is 28.5 Å². The van der Waals surface area contributed by atoms with Gasteiger partial charge in [0.1, 0.15) is 17.9 Å². The lowest BCUT2D eigenvalue weighted by atomic mass is 9.92. The van der Waals surface area contributed by atoms with Gasteiger partial charge in [-0.2, -0.15) is 10.5 Å². The minimum atomic E-state index is -4.80. The minimum Gasteiger partial charge on any atom is -0.406 e. The van der Waals surface area contributed by atoms with Crippen LogP contribution in [0.25, 0.3) is 0 Å². The number of benzene rings is 2. The van der Waals surface area contributed by atoms with E-state index in [-0.39, 0.29) is 12.1 Å². The topological polar surface area (TPSA) is 77.1 Å². The van der Waals surface area contributed by atoms with Gasteiger partial charge < -0.3 is 4.74 Å². The molecule has 3 rings (SSSR count). The molecule has 0 unspecified atom stereocenters. The molecule has 1 amide bonds. The third-order valence-electron chi connectivity index (χ3n) is 4.02. The van der Waals surface area contributed by atoms with Gasteiger partial charge in [0.25, 0.3) is 5.91 Å². The lowest BCUT2D eigenvalue weighted by Crippen LogP contribution is -2.41. The standard InChI is InChI=1S/C18H10F3N3O2/c19-18(20,21)26-13-7-5-12(6-8-13)9-24-16(25)14-3-1-2-4-15(14)17(24,10-22)11-23/h1-8H,9H2. The Hall–Kier alpha value is -3.52. The number of rotatable bonds is 3. The van der Waals surface area contributed by atoms with E-state index >= 15 is 0 Å². The molecule has 0 saturated carbocycles. The number of hydrogen-bond acceptors (Lipinski definition) is 4. The summed E-state index contributed by atoms with van der Waals surface area (Å²) in [6.45, 7) is -0.110. The molecule has 130 valence electrons. The van der Waals surface area contributed by atoms with Gasteiger partial charge in [0.15, 0.2) is 0 Å². The largest absolute Gasteiger partial charge is 0.573 e. The number of nitriles is 2. The lowest BCUT2D eigenvalue weighted by Gasteiger charge is -2.27. The molecule has 1 heterocycles. The third kappa shape index (κ3) is 2.82. The zero-order valence-electron chi connectivity index (χ0n) is 13.1. The zero-order valence-corrected chi connectivity index (χ0v) is 13.1. The van der Waals surface area contributed by atoms with Crippen molar-refractivity contribution in [1.29, 1.82) is 10.5 Å². The van der Waals surface area contributed by atoms with Crippen LogP contribution >= 0.6 is 0 Å². The van der Waals surface area contributed by atoms with E-state index in [0.29, 0.717) is 11.1 Å². The van der Waals surface area contributed by atoms with Crippen molar-refractivity contribution in [2.75, 3.05) is 0 Å². The Labute approximate surface area is 146 Å². The molecule has 0 saturated heterocycles. The number of ether oxygens (including phenoxy) is 1.